The number of pyridine rings is 1. The van der Waals surface area contributed by atoms with Crippen LogP contribution in [-0.4, -0.2) is 16.4 Å². The normalized spacial score (nSPS) is 18.1. The number of rotatable bonds is 2. The van der Waals surface area contributed by atoms with Crippen LogP contribution in [0.25, 0.3) is 0 Å². The minimum Gasteiger partial charge on any atom is -0.308 e. The lowest BCUT2D eigenvalue weighted by atomic mass is 10.2. The molecule has 2 aromatic rings. The Kier molecular flexibility index (Phi) is 3.05. The lowest BCUT2D eigenvalue weighted by Crippen LogP contribution is -2.20. The topological polar surface area (TPSA) is 54.4 Å². The predicted octanol–water partition coefficient (Wildman–Crippen LogP) is 2.77. The second-order valence-corrected chi connectivity index (χ2v) is 5.95. The van der Waals surface area contributed by atoms with Gasteiger partial charge in [-0.2, -0.15) is 0 Å². The SMILES string of the molecule is Cc1cnc2c(c1)[SH](NC(=O)c1ccccc1)C=N2. The van der Waals surface area contributed by atoms with E-state index in [0.717, 1.165) is 10.5 Å². The molecule has 1 aliphatic heterocycles. The van der Waals surface area contributed by atoms with Crippen LogP contribution >= 0.6 is 11.1 Å². The first kappa shape index (κ1) is 11.9. The quantitative estimate of drug-likeness (QED) is 0.825. The highest BCUT2D eigenvalue weighted by atomic mass is 32.2. The standard InChI is InChI=1S/C14H13N3OS/c1-10-7-12-13(15-8-10)16-9-19(12)17-14(18)11-5-3-2-4-6-11/h2-9,19H,1H3,(H,17,18). The number of aryl methyl sites for hydroxylation is 1. The van der Waals surface area contributed by atoms with Crippen molar-refractivity contribution in [3.8, 4) is 0 Å². The molecule has 0 spiro atoms. The fourth-order valence-corrected chi connectivity index (χ4v) is 3.40. The van der Waals surface area contributed by atoms with Gasteiger partial charge in [-0.05, 0) is 30.7 Å². The average molecular weight is 271 g/mol. The number of carbonyl (C=O) groups excluding carboxylic acids is 1. The molecule has 2 heterocycles. The Hall–Kier alpha value is -2.14. The van der Waals surface area contributed by atoms with Crippen LogP contribution in [0.5, 0.6) is 0 Å². The molecule has 1 unspecified atom stereocenters. The Labute approximate surface area is 114 Å². The third-order valence-corrected chi connectivity index (χ3v) is 4.44. The summed E-state index contributed by atoms with van der Waals surface area (Å²) in [5.41, 5.74) is 3.52. The van der Waals surface area contributed by atoms with E-state index in [1.807, 2.05) is 31.2 Å². The van der Waals surface area contributed by atoms with Crippen LogP contribution in [0.4, 0.5) is 5.82 Å². The van der Waals surface area contributed by atoms with E-state index in [1.165, 1.54) is 0 Å². The van der Waals surface area contributed by atoms with E-state index in [1.54, 1.807) is 23.9 Å². The maximum absolute atomic E-state index is 12.1. The van der Waals surface area contributed by atoms with Crippen molar-refractivity contribution in [2.75, 3.05) is 0 Å². The van der Waals surface area contributed by atoms with Gasteiger partial charge in [0, 0.05) is 11.8 Å². The molecule has 0 bridgehead atoms. The zero-order valence-corrected chi connectivity index (χ0v) is 11.3. The van der Waals surface area contributed by atoms with Gasteiger partial charge in [0.15, 0.2) is 5.82 Å². The van der Waals surface area contributed by atoms with Crippen molar-refractivity contribution in [2.45, 2.75) is 11.8 Å². The molecule has 1 N–H and O–H groups in total. The molecule has 96 valence electrons. The minimum absolute atomic E-state index is 0.0764. The minimum atomic E-state index is -0.894. The van der Waals surface area contributed by atoms with Gasteiger partial charge >= 0.3 is 0 Å². The third-order valence-electron chi connectivity index (χ3n) is 2.80. The Morgan fingerprint density at radius 3 is 2.84 bits per heavy atom. The molecule has 3 rings (SSSR count). The number of aliphatic imine (C=N–C) groups is 1. The van der Waals surface area contributed by atoms with Crippen molar-refractivity contribution >= 4 is 28.4 Å². The van der Waals surface area contributed by atoms with E-state index in [2.05, 4.69) is 14.7 Å². The van der Waals surface area contributed by atoms with E-state index in [4.69, 9.17) is 0 Å². The highest BCUT2D eigenvalue weighted by molar-refractivity contribution is 8.27. The number of aromatic nitrogens is 1. The Morgan fingerprint density at radius 1 is 1.26 bits per heavy atom. The molecule has 0 aliphatic carbocycles. The van der Waals surface area contributed by atoms with E-state index < -0.39 is 11.1 Å². The number of amides is 1. The molecule has 1 atom stereocenters. The zero-order chi connectivity index (χ0) is 13.2. The summed E-state index contributed by atoms with van der Waals surface area (Å²) in [5.74, 6) is 0.637. The van der Waals surface area contributed by atoms with Crippen LogP contribution in [0.1, 0.15) is 15.9 Å². The highest BCUT2D eigenvalue weighted by Gasteiger charge is 2.19. The Bertz CT molecular complexity index is 655. The molecule has 1 aromatic heterocycles. The van der Waals surface area contributed by atoms with Crippen molar-refractivity contribution in [1.82, 2.24) is 9.71 Å². The number of hydrogen-bond acceptors (Lipinski definition) is 3. The summed E-state index contributed by atoms with van der Waals surface area (Å²) in [5, 5.41) is 0. The Balaban J connectivity index is 1.82. The molecule has 0 saturated carbocycles. The van der Waals surface area contributed by atoms with Crippen molar-refractivity contribution in [2.24, 2.45) is 4.99 Å². The lowest BCUT2D eigenvalue weighted by Gasteiger charge is -2.15. The Morgan fingerprint density at radius 2 is 2.05 bits per heavy atom. The third kappa shape index (κ3) is 2.37. The fourth-order valence-electron chi connectivity index (χ4n) is 1.85. The molecule has 5 heteroatoms. The molecular formula is C14H13N3OS. The van der Waals surface area contributed by atoms with Gasteiger partial charge in [-0.3, -0.25) is 4.79 Å². The van der Waals surface area contributed by atoms with Gasteiger partial charge in [-0.25, -0.2) is 9.98 Å². The molecule has 1 amide bonds. The van der Waals surface area contributed by atoms with Gasteiger partial charge < -0.3 is 4.72 Å². The summed E-state index contributed by atoms with van der Waals surface area (Å²) in [6, 6.07) is 11.2. The van der Waals surface area contributed by atoms with Gasteiger partial charge in [0.1, 0.15) is 0 Å². The number of nitrogens with one attached hydrogen (secondary N) is 1. The van der Waals surface area contributed by atoms with Gasteiger partial charge in [0.25, 0.3) is 5.91 Å². The van der Waals surface area contributed by atoms with Crippen molar-refractivity contribution < 1.29 is 4.79 Å². The van der Waals surface area contributed by atoms with Crippen molar-refractivity contribution in [1.29, 1.82) is 0 Å². The summed E-state index contributed by atoms with van der Waals surface area (Å²) >= 11 is -0.894. The summed E-state index contributed by atoms with van der Waals surface area (Å²) < 4.78 is 3.02. The monoisotopic (exact) mass is 271 g/mol. The number of fused-ring (bicyclic) bond motifs is 1. The number of nitrogens with zero attached hydrogens (tertiary/aromatic N) is 2. The molecule has 0 radical (unpaired) electrons. The highest BCUT2D eigenvalue weighted by Crippen LogP contribution is 2.42. The first-order chi connectivity index (χ1) is 9.24. The fraction of sp³-hybridized carbons (Fsp3) is 0.0714. The van der Waals surface area contributed by atoms with E-state index >= 15 is 0 Å². The van der Waals surface area contributed by atoms with Crippen LogP contribution in [0.3, 0.4) is 0 Å². The smallest absolute Gasteiger partial charge is 0.260 e. The average Bonchev–Trinajstić information content (AvgIpc) is 2.82. The number of benzene rings is 1. The van der Waals surface area contributed by atoms with Gasteiger partial charge in [-0.1, -0.05) is 18.2 Å². The van der Waals surface area contributed by atoms with Crippen LogP contribution in [-0.2, 0) is 0 Å². The predicted molar refractivity (Wildman–Crippen MR) is 78.3 cm³/mol. The van der Waals surface area contributed by atoms with Crippen molar-refractivity contribution in [3.05, 3.63) is 53.7 Å². The summed E-state index contributed by atoms with van der Waals surface area (Å²) in [7, 11) is 0. The second kappa shape index (κ2) is 4.85. The van der Waals surface area contributed by atoms with Gasteiger partial charge in [0.2, 0.25) is 0 Å². The first-order valence-electron chi connectivity index (χ1n) is 5.90. The molecule has 0 saturated heterocycles. The van der Waals surface area contributed by atoms with Crippen LogP contribution in [0.2, 0.25) is 0 Å². The second-order valence-electron chi connectivity index (χ2n) is 4.28. The van der Waals surface area contributed by atoms with Crippen LogP contribution < -0.4 is 4.72 Å². The molecule has 4 nitrogen and oxygen atoms in total. The zero-order valence-electron chi connectivity index (χ0n) is 10.4. The van der Waals surface area contributed by atoms with Crippen molar-refractivity contribution in [3.63, 3.8) is 0 Å². The maximum atomic E-state index is 12.1. The summed E-state index contributed by atoms with van der Waals surface area (Å²) in [4.78, 5) is 21.6. The molecule has 19 heavy (non-hydrogen) atoms. The van der Waals surface area contributed by atoms with E-state index in [0.29, 0.717) is 11.4 Å². The molecule has 1 aromatic carbocycles. The van der Waals surface area contributed by atoms with Gasteiger partial charge in [0.05, 0.1) is 10.4 Å². The molecular weight excluding hydrogens is 258 g/mol. The van der Waals surface area contributed by atoms with Crippen LogP contribution in [0, 0.1) is 6.92 Å². The summed E-state index contributed by atoms with van der Waals surface area (Å²) in [6.07, 6.45) is 1.79. The molecule has 0 fully saturated rings. The van der Waals surface area contributed by atoms with Crippen LogP contribution in [0.15, 0.2) is 52.5 Å². The maximum Gasteiger partial charge on any atom is 0.260 e. The molecule has 1 aliphatic rings. The number of hydrogen-bond donors (Lipinski definition) is 2. The lowest BCUT2D eigenvalue weighted by molar-refractivity contribution is 0.0984. The van der Waals surface area contributed by atoms with E-state index in [-0.39, 0.29) is 5.91 Å². The first-order valence-corrected chi connectivity index (χ1v) is 7.31. The number of carbonyl (C=O) groups is 1. The largest absolute Gasteiger partial charge is 0.308 e. The number of thiol groups is 1. The van der Waals surface area contributed by atoms with Gasteiger partial charge in [-0.15, -0.1) is 11.1 Å². The van der Waals surface area contributed by atoms with E-state index in [9.17, 15) is 4.79 Å². The summed E-state index contributed by atoms with van der Waals surface area (Å²) in [6.45, 7) is 1.98.